The number of hydrogen-bond donors (Lipinski definition) is 1. The summed E-state index contributed by atoms with van der Waals surface area (Å²) in [6.45, 7) is 1.73. The van der Waals surface area contributed by atoms with E-state index in [2.05, 4.69) is 37.9 Å². The Morgan fingerprint density at radius 1 is 1.22 bits per heavy atom. The number of ether oxygens (including phenoxy) is 1. The highest BCUT2D eigenvalue weighted by atomic mass is 127. The van der Waals surface area contributed by atoms with Crippen molar-refractivity contribution in [3.05, 3.63) is 67.8 Å². The smallest absolute Gasteiger partial charge is 0.347 e. The van der Waals surface area contributed by atoms with Crippen LogP contribution < -0.4 is 10.3 Å². The summed E-state index contributed by atoms with van der Waals surface area (Å²) in [6, 6.07) is 10.0. The van der Waals surface area contributed by atoms with Gasteiger partial charge >= 0.3 is 5.97 Å². The number of halogens is 1. The molecule has 0 spiro atoms. The maximum absolute atomic E-state index is 12.3. The first-order valence-corrected chi connectivity index (χ1v) is 7.71. The lowest BCUT2D eigenvalue weighted by molar-refractivity contribution is 0.0734. The van der Waals surface area contributed by atoms with Crippen LogP contribution in [0.1, 0.15) is 16.1 Å². The number of benzene rings is 1. The second kappa shape index (κ2) is 6.32. The van der Waals surface area contributed by atoms with E-state index in [0.29, 0.717) is 22.8 Å². The number of hydrogen-bond acceptors (Lipinski definition) is 5. The Labute approximate surface area is 144 Å². The lowest BCUT2D eigenvalue weighted by Gasteiger charge is -2.05. The number of esters is 1. The molecule has 1 aromatic carbocycles. The Morgan fingerprint density at radius 3 is 2.61 bits per heavy atom. The number of rotatable bonds is 3. The van der Waals surface area contributed by atoms with E-state index in [9.17, 15) is 9.59 Å². The fraction of sp³-hybridized carbons (Fsp3) is 0.0667. The van der Waals surface area contributed by atoms with Gasteiger partial charge in [0, 0.05) is 9.64 Å². The molecule has 0 amide bonds. The van der Waals surface area contributed by atoms with Crippen molar-refractivity contribution in [1.82, 2.24) is 20.0 Å². The van der Waals surface area contributed by atoms with E-state index < -0.39 is 5.97 Å². The van der Waals surface area contributed by atoms with Crippen molar-refractivity contribution >= 4 is 28.6 Å². The first kappa shape index (κ1) is 15.4. The second-order valence-electron chi connectivity index (χ2n) is 4.68. The minimum absolute atomic E-state index is 0.308. The van der Waals surface area contributed by atoms with Crippen molar-refractivity contribution in [1.29, 1.82) is 0 Å². The van der Waals surface area contributed by atoms with Gasteiger partial charge in [-0.05, 0) is 59.8 Å². The maximum Gasteiger partial charge on any atom is 0.347 e. The Kier molecular flexibility index (Phi) is 4.24. The highest BCUT2D eigenvalue weighted by molar-refractivity contribution is 14.1. The van der Waals surface area contributed by atoms with E-state index in [4.69, 9.17) is 4.74 Å². The minimum atomic E-state index is -0.501. The fourth-order valence-electron chi connectivity index (χ4n) is 1.96. The normalized spacial score (nSPS) is 10.5. The highest BCUT2D eigenvalue weighted by Gasteiger charge is 2.17. The number of carbonyl (C=O) groups is 1. The lowest BCUT2D eigenvalue weighted by atomic mass is 10.2. The van der Waals surface area contributed by atoms with E-state index in [0.717, 1.165) is 3.57 Å². The van der Waals surface area contributed by atoms with Gasteiger partial charge in [-0.1, -0.05) is 0 Å². The van der Waals surface area contributed by atoms with Crippen molar-refractivity contribution in [3.63, 3.8) is 0 Å². The molecule has 0 aliphatic rings. The first-order chi connectivity index (χ1) is 11.0. The van der Waals surface area contributed by atoms with Crippen LogP contribution in [0.4, 0.5) is 0 Å². The van der Waals surface area contributed by atoms with Gasteiger partial charge in [-0.15, -0.1) is 0 Å². The first-order valence-electron chi connectivity index (χ1n) is 6.63. The Bertz CT molecular complexity index is 895. The van der Waals surface area contributed by atoms with E-state index in [1.54, 1.807) is 19.1 Å². The van der Waals surface area contributed by atoms with Crippen LogP contribution >= 0.6 is 22.6 Å². The Hall–Kier alpha value is -2.49. The van der Waals surface area contributed by atoms with Gasteiger partial charge in [0.1, 0.15) is 11.3 Å². The molecule has 3 rings (SSSR count). The summed E-state index contributed by atoms with van der Waals surface area (Å²) in [5, 5.41) is 10.3. The van der Waals surface area contributed by atoms with Crippen LogP contribution in [0.15, 0.2) is 47.4 Å². The molecule has 0 aliphatic heterocycles. The molecule has 2 heterocycles. The molecule has 23 heavy (non-hydrogen) atoms. The minimum Gasteiger partial charge on any atom is -0.423 e. The number of aromatic amines is 1. The molecule has 3 aromatic rings. The van der Waals surface area contributed by atoms with Gasteiger partial charge in [-0.3, -0.25) is 4.79 Å². The van der Waals surface area contributed by atoms with Gasteiger partial charge in [0.15, 0.2) is 5.82 Å². The third kappa shape index (κ3) is 3.31. The molecule has 7 nitrogen and oxygen atoms in total. The van der Waals surface area contributed by atoms with Gasteiger partial charge in [-0.2, -0.15) is 10.2 Å². The van der Waals surface area contributed by atoms with Crippen LogP contribution in [0.5, 0.6) is 5.75 Å². The third-order valence-corrected chi connectivity index (χ3v) is 3.85. The molecule has 0 bridgehead atoms. The molecule has 0 saturated carbocycles. The summed E-state index contributed by atoms with van der Waals surface area (Å²) in [7, 11) is 0. The van der Waals surface area contributed by atoms with Gasteiger partial charge in [0.25, 0.3) is 5.56 Å². The fourth-order valence-corrected chi connectivity index (χ4v) is 2.32. The van der Waals surface area contributed by atoms with Gasteiger partial charge in [0.2, 0.25) is 0 Å². The van der Waals surface area contributed by atoms with E-state index in [1.165, 1.54) is 23.0 Å². The molecule has 0 unspecified atom stereocenters. The number of H-pyrrole nitrogens is 1. The molecular formula is C15H11IN4O3. The van der Waals surface area contributed by atoms with Gasteiger partial charge in [0.05, 0.1) is 11.9 Å². The summed E-state index contributed by atoms with van der Waals surface area (Å²) in [6.07, 6.45) is 1.41. The SMILES string of the molecule is Cc1c(C(=O)Oc2ccc(I)cc2)cnn1-c1ccc(=O)[nH]n1. The lowest BCUT2D eigenvalue weighted by Crippen LogP contribution is -2.12. The summed E-state index contributed by atoms with van der Waals surface area (Å²) in [4.78, 5) is 23.3. The van der Waals surface area contributed by atoms with E-state index >= 15 is 0 Å². The Balaban J connectivity index is 1.86. The molecule has 116 valence electrons. The standard InChI is InChI=1S/C15H11IN4O3/c1-9-12(15(22)23-11-4-2-10(16)3-5-11)8-17-20(9)13-6-7-14(21)19-18-13/h2-8H,1H3,(H,19,21). The zero-order valence-electron chi connectivity index (χ0n) is 12.0. The summed E-state index contributed by atoms with van der Waals surface area (Å²) >= 11 is 2.17. The molecular weight excluding hydrogens is 411 g/mol. The van der Waals surface area contributed by atoms with Crippen LogP contribution in [-0.4, -0.2) is 25.9 Å². The molecule has 0 fully saturated rings. The third-order valence-electron chi connectivity index (χ3n) is 3.14. The summed E-state index contributed by atoms with van der Waals surface area (Å²) < 4.78 is 7.84. The predicted octanol–water partition coefficient (Wildman–Crippen LogP) is 2.09. The average Bonchev–Trinajstić information content (AvgIpc) is 2.92. The number of nitrogens with one attached hydrogen (secondary N) is 1. The zero-order chi connectivity index (χ0) is 16.4. The number of carbonyl (C=O) groups excluding carboxylic acids is 1. The average molecular weight is 422 g/mol. The predicted molar refractivity (Wildman–Crippen MR) is 90.8 cm³/mol. The van der Waals surface area contributed by atoms with Gasteiger partial charge in [-0.25, -0.2) is 14.6 Å². The van der Waals surface area contributed by atoms with Crippen LogP contribution in [0.25, 0.3) is 5.82 Å². The molecule has 8 heteroatoms. The molecule has 0 atom stereocenters. The quantitative estimate of drug-likeness (QED) is 0.397. The zero-order valence-corrected chi connectivity index (χ0v) is 14.1. The molecule has 1 N–H and O–H groups in total. The monoisotopic (exact) mass is 422 g/mol. The van der Waals surface area contributed by atoms with Crippen molar-refractivity contribution in [2.75, 3.05) is 0 Å². The van der Waals surface area contributed by atoms with Crippen LogP contribution in [0.3, 0.4) is 0 Å². The topological polar surface area (TPSA) is 89.9 Å². The van der Waals surface area contributed by atoms with Gasteiger partial charge < -0.3 is 4.74 Å². The molecule has 0 radical (unpaired) electrons. The van der Waals surface area contributed by atoms with Crippen molar-refractivity contribution in [3.8, 4) is 11.6 Å². The van der Waals surface area contributed by atoms with Crippen molar-refractivity contribution < 1.29 is 9.53 Å². The summed E-state index contributed by atoms with van der Waals surface area (Å²) in [5.41, 5.74) is 0.591. The van der Waals surface area contributed by atoms with E-state index in [-0.39, 0.29) is 5.56 Å². The number of aromatic nitrogens is 4. The largest absolute Gasteiger partial charge is 0.423 e. The highest BCUT2D eigenvalue weighted by Crippen LogP contribution is 2.17. The van der Waals surface area contributed by atoms with Crippen LogP contribution in [0, 0.1) is 10.5 Å². The Morgan fingerprint density at radius 2 is 1.96 bits per heavy atom. The summed E-state index contributed by atoms with van der Waals surface area (Å²) in [5.74, 6) is 0.375. The number of nitrogens with zero attached hydrogens (tertiary/aromatic N) is 3. The molecule has 0 saturated heterocycles. The maximum atomic E-state index is 12.3. The van der Waals surface area contributed by atoms with E-state index in [1.807, 2.05) is 12.1 Å². The second-order valence-corrected chi connectivity index (χ2v) is 5.92. The van der Waals surface area contributed by atoms with Crippen LogP contribution in [0.2, 0.25) is 0 Å². The van der Waals surface area contributed by atoms with Crippen molar-refractivity contribution in [2.45, 2.75) is 6.92 Å². The van der Waals surface area contributed by atoms with Crippen molar-refractivity contribution in [2.24, 2.45) is 0 Å². The van der Waals surface area contributed by atoms with Crippen LogP contribution in [-0.2, 0) is 0 Å². The molecule has 0 aliphatic carbocycles. The molecule has 2 aromatic heterocycles.